The summed E-state index contributed by atoms with van der Waals surface area (Å²) in [5.41, 5.74) is 4.99. The van der Waals surface area contributed by atoms with E-state index in [0.717, 1.165) is 22.3 Å². The first-order valence-electron chi connectivity index (χ1n) is 12.5. The van der Waals surface area contributed by atoms with Crippen molar-refractivity contribution in [3.05, 3.63) is 120 Å². The van der Waals surface area contributed by atoms with Gasteiger partial charge in [0.2, 0.25) is 0 Å². The van der Waals surface area contributed by atoms with Crippen LogP contribution in [-0.4, -0.2) is 49.3 Å². The van der Waals surface area contributed by atoms with Crippen LogP contribution in [-0.2, 0) is 14.2 Å². The number of aromatic carboxylic acids is 1. The number of methoxy groups -OCH3 is 1. The number of ether oxygens (including phenoxy) is 3. The zero-order valence-corrected chi connectivity index (χ0v) is 21.4. The summed E-state index contributed by atoms with van der Waals surface area (Å²) in [7, 11) is 1.39. The number of carbonyl (C=O) groups excluding carboxylic acids is 1. The maximum Gasteiger partial charge on any atom is 0.338 e. The van der Waals surface area contributed by atoms with Crippen molar-refractivity contribution < 1.29 is 33.3 Å². The first kappa shape index (κ1) is 27.7. The predicted octanol–water partition coefficient (Wildman–Crippen LogP) is 6.66. The number of esters is 1. The van der Waals surface area contributed by atoms with Gasteiger partial charge in [-0.05, 0) is 46.5 Å². The smallest absolute Gasteiger partial charge is 0.338 e. The maximum atomic E-state index is 13.5. The monoisotopic (exact) mass is 528 g/mol. The Morgan fingerprint density at radius 3 is 1.67 bits per heavy atom. The molecule has 0 spiro atoms. The molecule has 0 aliphatic carbocycles. The zero-order chi connectivity index (χ0) is 27.6. The van der Waals surface area contributed by atoms with E-state index in [2.05, 4.69) is 0 Å². The molecule has 1 fully saturated rings. The highest BCUT2D eigenvalue weighted by Gasteiger charge is 2.36. The van der Waals surface area contributed by atoms with Crippen molar-refractivity contribution in [1.82, 2.24) is 0 Å². The molecule has 1 aliphatic rings. The van der Waals surface area contributed by atoms with Crippen LogP contribution in [0.5, 0.6) is 0 Å². The van der Waals surface area contributed by atoms with Gasteiger partial charge in [-0.25, -0.2) is 14.0 Å². The lowest BCUT2D eigenvalue weighted by Crippen LogP contribution is -2.21. The molecule has 5 rings (SSSR count). The fourth-order valence-electron chi connectivity index (χ4n) is 4.12. The van der Waals surface area contributed by atoms with Gasteiger partial charge in [0.25, 0.3) is 0 Å². The molecule has 39 heavy (non-hydrogen) atoms. The quantitative estimate of drug-likeness (QED) is 0.270. The predicted molar refractivity (Wildman–Crippen MR) is 146 cm³/mol. The van der Waals surface area contributed by atoms with Gasteiger partial charge in [0.1, 0.15) is 6.61 Å². The number of rotatable bonds is 7. The summed E-state index contributed by atoms with van der Waals surface area (Å²) in [4.78, 5) is 22.7. The Bertz CT molecular complexity index is 1340. The highest BCUT2D eigenvalue weighted by molar-refractivity contribution is 5.90. The summed E-state index contributed by atoms with van der Waals surface area (Å²) in [5.74, 6) is -1.34. The highest BCUT2D eigenvalue weighted by Crippen LogP contribution is 2.25. The van der Waals surface area contributed by atoms with E-state index in [9.17, 15) is 14.0 Å². The van der Waals surface area contributed by atoms with Gasteiger partial charge < -0.3 is 19.3 Å². The van der Waals surface area contributed by atoms with Crippen LogP contribution >= 0.6 is 0 Å². The van der Waals surface area contributed by atoms with Crippen molar-refractivity contribution in [3.8, 4) is 22.3 Å². The summed E-state index contributed by atoms with van der Waals surface area (Å²) in [6, 6.07) is 33.8. The van der Waals surface area contributed by atoms with E-state index in [1.165, 1.54) is 7.11 Å². The summed E-state index contributed by atoms with van der Waals surface area (Å²) < 4.78 is 28.9. The van der Waals surface area contributed by atoms with Crippen LogP contribution in [0.25, 0.3) is 22.3 Å². The Hall–Kier alpha value is -4.33. The fraction of sp³-hybridized carbons (Fsp3) is 0.188. The molecular weight excluding hydrogens is 499 g/mol. The first-order valence-corrected chi connectivity index (χ1v) is 12.5. The summed E-state index contributed by atoms with van der Waals surface area (Å²) in [6.45, 7) is 0.0134. The molecule has 0 radical (unpaired) electrons. The number of carboxylic acid groups (broad SMARTS) is 1. The van der Waals surface area contributed by atoms with Gasteiger partial charge in [0, 0.05) is 13.5 Å². The maximum absolute atomic E-state index is 13.5. The molecule has 3 atom stereocenters. The van der Waals surface area contributed by atoms with Crippen molar-refractivity contribution in [2.45, 2.75) is 25.0 Å². The number of hydrogen-bond acceptors (Lipinski definition) is 5. The number of hydrogen-bond donors (Lipinski definition) is 1. The van der Waals surface area contributed by atoms with Crippen LogP contribution < -0.4 is 0 Å². The third-order valence-corrected chi connectivity index (χ3v) is 6.21. The van der Waals surface area contributed by atoms with Crippen LogP contribution in [0, 0.1) is 0 Å². The lowest BCUT2D eigenvalue weighted by atomic mass is 10.0. The Morgan fingerprint density at radius 1 is 0.769 bits per heavy atom. The SMILES string of the molecule is COC1O[C@H](COC(=O)c2ccc(-c3ccccc3)cc2)CC1F.O=C(O)c1ccc(-c2ccccc2)cc1. The van der Waals surface area contributed by atoms with E-state index in [1.807, 2.05) is 84.9 Å². The largest absolute Gasteiger partial charge is 0.478 e. The van der Waals surface area contributed by atoms with Crippen molar-refractivity contribution >= 4 is 11.9 Å². The third-order valence-electron chi connectivity index (χ3n) is 6.21. The van der Waals surface area contributed by atoms with E-state index in [1.54, 1.807) is 24.3 Å². The molecule has 2 unspecified atom stereocenters. The molecule has 1 heterocycles. The second-order valence-corrected chi connectivity index (χ2v) is 8.90. The molecule has 6 nitrogen and oxygen atoms in total. The number of benzene rings is 4. The summed E-state index contributed by atoms with van der Waals surface area (Å²) in [5, 5.41) is 8.75. The van der Waals surface area contributed by atoms with Crippen LogP contribution in [0.15, 0.2) is 109 Å². The molecule has 0 aromatic heterocycles. The average Bonchev–Trinajstić information content (AvgIpc) is 3.36. The Morgan fingerprint density at radius 2 is 1.23 bits per heavy atom. The molecule has 7 heteroatoms. The van der Waals surface area contributed by atoms with Crippen molar-refractivity contribution in [2.75, 3.05) is 13.7 Å². The van der Waals surface area contributed by atoms with Crippen LogP contribution in [0.3, 0.4) is 0 Å². The molecule has 1 aliphatic heterocycles. The number of alkyl halides is 1. The minimum absolute atomic E-state index is 0.0134. The van der Waals surface area contributed by atoms with Gasteiger partial charge in [-0.1, -0.05) is 84.9 Å². The lowest BCUT2D eigenvalue weighted by molar-refractivity contribution is -0.141. The molecular formula is C32H29FO6. The molecule has 0 amide bonds. The summed E-state index contributed by atoms with van der Waals surface area (Å²) in [6.07, 6.45) is -2.38. The van der Waals surface area contributed by atoms with Gasteiger partial charge in [0.15, 0.2) is 12.5 Å². The topological polar surface area (TPSA) is 82.1 Å². The van der Waals surface area contributed by atoms with E-state index >= 15 is 0 Å². The normalized spacial score (nSPS) is 18.1. The van der Waals surface area contributed by atoms with E-state index in [-0.39, 0.29) is 13.0 Å². The molecule has 0 bridgehead atoms. The number of halogens is 1. The van der Waals surface area contributed by atoms with Crippen molar-refractivity contribution in [2.24, 2.45) is 0 Å². The highest BCUT2D eigenvalue weighted by atomic mass is 19.1. The molecule has 200 valence electrons. The molecule has 4 aromatic rings. The second-order valence-electron chi connectivity index (χ2n) is 8.90. The van der Waals surface area contributed by atoms with E-state index in [4.69, 9.17) is 19.3 Å². The standard InChI is InChI=1S/C19H19FO4.C13H10O2/c1-22-19-17(20)11-16(24-19)12-23-18(21)15-9-7-14(8-10-15)13-5-3-2-4-6-13;14-13(15)12-8-6-11(7-9-12)10-4-2-1-3-5-10/h2-10,16-17,19H,11-12H2,1H3;1-9H,(H,14,15)/t16-,17?,19?;/m0./s1. The molecule has 1 saturated heterocycles. The first-order chi connectivity index (χ1) is 18.9. The van der Waals surface area contributed by atoms with Gasteiger partial charge in [-0.3, -0.25) is 0 Å². The van der Waals surface area contributed by atoms with Gasteiger partial charge in [0.05, 0.1) is 17.2 Å². The summed E-state index contributed by atoms with van der Waals surface area (Å²) >= 11 is 0. The Balaban J connectivity index is 0.000000202. The average molecular weight is 529 g/mol. The number of carboxylic acids is 1. The van der Waals surface area contributed by atoms with E-state index < -0.39 is 30.5 Å². The minimum atomic E-state index is -1.19. The van der Waals surface area contributed by atoms with Gasteiger partial charge in [-0.15, -0.1) is 0 Å². The van der Waals surface area contributed by atoms with Crippen LogP contribution in [0.1, 0.15) is 27.1 Å². The molecule has 4 aromatic carbocycles. The number of carbonyl (C=O) groups is 2. The fourth-order valence-corrected chi connectivity index (χ4v) is 4.12. The van der Waals surface area contributed by atoms with Crippen molar-refractivity contribution in [3.63, 3.8) is 0 Å². The van der Waals surface area contributed by atoms with Crippen molar-refractivity contribution in [1.29, 1.82) is 0 Å². The van der Waals surface area contributed by atoms with Crippen LogP contribution in [0.2, 0.25) is 0 Å². The van der Waals surface area contributed by atoms with E-state index in [0.29, 0.717) is 11.1 Å². The molecule has 0 saturated carbocycles. The third kappa shape index (κ3) is 7.60. The van der Waals surface area contributed by atoms with Gasteiger partial charge >= 0.3 is 11.9 Å². The second kappa shape index (κ2) is 13.5. The Kier molecular flexibility index (Phi) is 9.56. The van der Waals surface area contributed by atoms with Crippen LogP contribution in [0.4, 0.5) is 4.39 Å². The minimum Gasteiger partial charge on any atom is -0.478 e. The zero-order valence-electron chi connectivity index (χ0n) is 21.4. The lowest BCUT2D eigenvalue weighted by Gasteiger charge is -2.12. The Labute approximate surface area is 226 Å². The van der Waals surface area contributed by atoms with Gasteiger partial charge in [-0.2, -0.15) is 0 Å². The molecule has 1 N–H and O–H groups in total.